The van der Waals surface area contributed by atoms with Gasteiger partial charge in [0.2, 0.25) is 6.54 Å². The van der Waals surface area contributed by atoms with Gasteiger partial charge in [-0.15, -0.1) is 0 Å². The summed E-state index contributed by atoms with van der Waals surface area (Å²) in [5, 5.41) is 20.2. The minimum absolute atomic E-state index is 0.0847. The first-order chi connectivity index (χ1) is 8.54. The molecule has 0 aromatic heterocycles. The molecule has 2 atom stereocenters. The fourth-order valence-corrected chi connectivity index (χ4v) is 2.07. The van der Waals surface area contributed by atoms with Crippen LogP contribution in [0.25, 0.3) is 0 Å². The SMILES string of the molecule is CC(C)=C[C@@H](CO)[C@H](C[N+](=O)[O-])c1ccccc1. The van der Waals surface area contributed by atoms with Gasteiger partial charge in [-0.1, -0.05) is 42.0 Å². The maximum absolute atomic E-state index is 10.8. The maximum atomic E-state index is 10.8. The van der Waals surface area contributed by atoms with Gasteiger partial charge in [-0.3, -0.25) is 10.1 Å². The molecule has 0 saturated heterocycles. The van der Waals surface area contributed by atoms with Crippen molar-refractivity contribution >= 4 is 0 Å². The van der Waals surface area contributed by atoms with Gasteiger partial charge in [0.1, 0.15) is 0 Å². The van der Waals surface area contributed by atoms with Crippen molar-refractivity contribution in [1.29, 1.82) is 0 Å². The van der Waals surface area contributed by atoms with Crippen molar-refractivity contribution in [2.45, 2.75) is 19.8 Å². The predicted molar refractivity (Wildman–Crippen MR) is 71.1 cm³/mol. The van der Waals surface area contributed by atoms with Crippen molar-refractivity contribution in [2.24, 2.45) is 5.92 Å². The van der Waals surface area contributed by atoms with Crippen LogP contribution < -0.4 is 0 Å². The number of aliphatic hydroxyl groups is 1. The monoisotopic (exact) mass is 249 g/mol. The Morgan fingerprint density at radius 2 is 2.00 bits per heavy atom. The quantitative estimate of drug-likeness (QED) is 0.479. The first kappa shape index (κ1) is 14.4. The summed E-state index contributed by atoms with van der Waals surface area (Å²) in [7, 11) is 0. The Labute approximate surface area is 107 Å². The molecule has 0 radical (unpaired) electrons. The largest absolute Gasteiger partial charge is 0.396 e. The lowest BCUT2D eigenvalue weighted by molar-refractivity contribution is -0.484. The van der Waals surface area contributed by atoms with Crippen molar-refractivity contribution < 1.29 is 10.0 Å². The molecule has 0 saturated carbocycles. The molecule has 1 N–H and O–H groups in total. The molecule has 0 unspecified atom stereocenters. The Morgan fingerprint density at radius 3 is 2.44 bits per heavy atom. The number of nitro groups is 1. The van der Waals surface area contributed by atoms with E-state index in [-0.39, 0.29) is 29.9 Å². The fraction of sp³-hybridized carbons (Fsp3) is 0.429. The molecule has 0 bridgehead atoms. The number of nitrogens with zero attached hydrogens (tertiary/aromatic N) is 1. The highest BCUT2D eigenvalue weighted by Crippen LogP contribution is 2.26. The fourth-order valence-electron chi connectivity index (χ4n) is 2.07. The van der Waals surface area contributed by atoms with E-state index >= 15 is 0 Å². The average Bonchev–Trinajstić information content (AvgIpc) is 2.34. The molecule has 4 heteroatoms. The number of allylic oxidation sites excluding steroid dienone is 1. The van der Waals surface area contributed by atoms with Gasteiger partial charge in [0.05, 0.1) is 12.5 Å². The number of hydrogen-bond donors (Lipinski definition) is 1. The summed E-state index contributed by atoms with van der Waals surface area (Å²) in [6.07, 6.45) is 1.90. The van der Waals surface area contributed by atoms with Gasteiger partial charge in [-0.2, -0.15) is 0 Å². The standard InChI is InChI=1S/C14H19NO3/c1-11(2)8-13(10-16)14(9-15(17)18)12-6-4-3-5-7-12/h3-8,13-14,16H,9-10H2,1-2H3/t13-,14+/m0/s1. The molecule has 1 rings (SSSR count). The topological polar surface area (TPSA) is 63.4 Å². The number of aliphatic hydroxyl groups excluding tert-OH is 1. The van der Waals surface area contributed by atoms with Crippen LogP contribution >= 0.6 is 0 Å². The van der Waals surface area contributed by atoms with Crippen molar-refractivity contribution in [1.82, 2.24) is 0 Å². The van der Waals surface area contributed by atoms with E-state index < -0.39 is 0 Å². The van der Waals surface area contributed by atoms with E-state index in [4.69, 9.17) is 0 Å². The zero-order chi connectivity index (χ0) is 13.5. The number of benzene rings is 1. The van der Waals surface area contributed by atoms with Crippen molar-refractivity contribution in [2.75, 3.05) is 13.2 Å². The summed E-state index contributed by atoms with van der Waals surface area (Å²) >= 11 is 0. The van der Waals surface area contributed by atoms with Crippen molar-refractivity contribution in [3.05, 3.63) is 57.7 Å². The number of hydrogen-bond acceptors (Lipinski definition) is 3. The van der Waals surface area contributed by atoms with Crippen LogP contribution in [0.3, 0.4) is 0 Å². The predicted octanol–water partition coefficient (Wildman–Crippen LogP) is 2.62. The van der Waals surface area contributed by atoms with E-state index in [1.165, 1.54) is 0 Å². The normalized spacial score (nSPS) is 13.7. The Kier molecular flexibility index (Phi) is 5.52. The Hall–Kier alpha value is -1.68. The molecule has 18 heavy (non-hydrogen) atoms. The van der Waals surface area contributed by atoms with Gasteiger partial charge < -0.3 is 5.11 Å². The van der Waals surface area contributed by atoms with Crippen molar-refractivity contribution in [3.8, 4) is 0 Å². The molecule has 1 aromatic rings. The molecule has 98 valence electrons. The molecule has 0 amide bonds. The zero-order valence-corrected chi connectivity index (χ0v) is 10.7. The molecule has 4 nitrogen and oxygen atoms in total. The van der Waals surface area contributed by atoms with Crippen LogP contribution in [0.2, 0.25) is 0 Å². The first-order valence-electron chi connectivity index (χ1n) is 5.97. The molecule has 0 heterocycles. The van der Waals surface area contributed by atoms with Gasteiger partial charge in [0.15, 0.2) is 0 Å². The summed E-state index contributed by atoms with van der Waals surface area (Å²) in [5.74, 6) is -0.510. The zero-order valence-electron chi connectivity index (χ0n) is 10.7. The third kappa shape index (κ3) is 4.30. The minimum atomic E-state index is -0.320. The van der Waals surface area contributed by atoms with Crippen LogP contribution in [0.15, 0.2) is 42.0 Å². The van der Waals surface area contributed by atoms with E-state index in [1.807, 2.05) is 50.3 Å². The molecule has 0 fully saturated rings. The molecule has 0 aliphatic carbocycles. The third-order valence-corrected chi connectivity index (χ3v) is 2.85. The second-order valence-electron chi connectivity index (χ2n) is 4.62. The second-order valence-corrected chi connectivity index (χ2v) is 4.62. The van der Waals surface area contributed by atoms with E-state index in [2.05, 4.69) is 0 Å². The first-order valence-corrected chi connectivity index (χ1v) is 5.97. The Balaban J connectivity index is 3.04. The van der Waals surface area contributed by atoms with Crippen LogP contribution in [0.5, 0.6) is 0 Å². The highest BCUT2D eigenvalue weighted by Gasteiger charge is 2.25. The van der Waals surface area contributed by atoms with Crippen LogP contribution in [0.1, 0.15) is 25.3 Å². The molecule has 0 aliphatic rings. The van der Waals surface area contributed by atoms with Crippen molar-refractivity contribution in [3.63, 3.8) is 0 Å². The Morgan fingerprint density at radius 1 is 1.39 bits per heavy atom. The van der Waals surface area contributed by atoms with Crippen LogP contribution in [0.4, 0.5) is 0 Å². The van der Waals surface area contributed by atoms with Crippen LogP contribution in [-0.2, 0) is 0 Å². The smallest absolute Gasteiger partial charge is 0.211 e. The lowest BCUT2D eigenvalue weighted by atomic mass is 9.85. The minimum Gasteiger partial charge on any atom is -0.396 e. The van der Waals surface area contributed by atoms with E-state index in [1.54, 1.807) is 0 Å². The van der Waals surface area contributed by atoms with E-state index in [0.717, 1.165) is 11.1 Å². The van der Waals surface area contributed by atoms with Gasteiger partial charge in [-0.05, 0) is 19.4 Å². The van der Waals surface area contributed by atoms with E-state index in [9.17, 15) is 15.2 Å². The Bertz CT molecular complexity index is 410. The number of rotatable bonds is 6. The summed E-state index contributed by atoms with van der Waals surface area (Å²) in [6.45, 7) is 3.60. The summed E-state index contributed by atoms with van der Waals surface area (Å²) in [5.41, 5.74) is 1.95. The molecular weight excluding hydrogens is 230 g/mol. The molecular formula is C14H19NO3. The second kappa shape index (κ2) is 6.91. The lowest BCUT2D eigenvalue weighted by Crippen LogP contribution is -2.23. The molecule has 0 spiro atoms. The summed E-state index contributed by atoms with van der Waals surface area (Å²) in [4.78, 5) is 10.5. The van der Waals surface area contributed by atoms with Crippen LogP contribution in [-0.4, -0.2) is 23.2 Å². The summed E-state index contributed by atoms with van der Waals surface area (Å²) in [6, 6.07) is 9.34. The molecule has 1 aromatic carbocycles. The van der Waals surface area contributed by atoms with E-state index in [0.29, 0.717) is 0 Å². The van der Waals surface area contributed by atoms with Gasteiger partial charge in [0, 0.05) is 10.8 Å². The van der Waals surface area contributed by atoms with Gasteiger partial charge in [0.25, 0.3) is 0 Å². The molecule has 0 aliphatic heterocycles. The van der Waals surface area contributed by atoms with Gasteiger partial charge >= 0.3 is 0 Å². The highest BCUT2D eigenvalue weighted by atomic mass is 16.6. The lowest BCUT2D eigenvalue weighted by Gasteiger charge is -2.20. The highest BCUT2D eigenvalue weighted by molar-refractivity contribution is 5.22. The van der Waals surface area contributed by atoms with Crippen LogP contribution in [0, 0.1) is 16.0 Å². The maximum Gasteiger partial charge on any atom is 0.211 e. The summed E-state index contributed by atoms with van der Waals surface area (Å²) < 4.78 is 0. The third-order valence-electron chi connectivity index (χ3n) is 2.85. The van der Waals surface area contributed by atoms with Gasteiger partial charge in [-0.25, -0.2) is 0 Å². The average molecular weight is 249 g/mol.